The summed E-state index contributed by atoms with van der Waals surface area (Å²) >= 11 is 0. The lowest BCUT2D eigenvalue weighted by Gasteiger charge is -2.58. The molecule has 2 heteroatoms. The summed E-state index contributed by atoms with van der Waals surface area (Å²) in [5, 5.41) is 11.1. The molecule has 0 amide bonds. The van der Waals surface area contributed by atoms with Gasteiger partial charge in [0.1, 0.15) is 5.78 Å². The second-order valence-corrected chi connectivity index (χ2v) is 10.3. The first-order chi connectivity index (χ1) is 12.0. The minimum Gasteiger partial charge on any atom is -0.390 e. The molecule has 0 spiro atoms. The first-order valence-electron chi connectivity index (χ1n) is 11.2. The van der Waals surface area contributed by atoms with Crippen LogP contribution in [-0.4, -0.2) is 16.5 Å². The largest absolute Gasteiger partial charge is 0.390 e. The molecule has 4 fully saturated rings. The summed E-state index contributed by atoms with van der Waals surface area (Å²) in [7, 11) is 0. The van der Waals surface area contributed by atoms with Gasteiger partial charge in [-0.1, -0.05) is 26.7 Å². The number of unbranched alkanes of at least 4 members (excludes halogenated alkanes) is 1. The molecule has 142 valence electrons. The number of carbonyl (C=O) groups is 1. The van der Waals surface area contributed by atoms with Gasteiger partial charge < -0.3 is 5.11 Å². The van der Waals surface area contributed by atoms with Crippen LogP contribution < -0.4 is 0 Å². The van der Waals surface area contributed by atoms with Gasteiger partial charge in [-0.15, -0.1) is 0 Å². The Bertz CT molecular complexity index is 514. The van der Waals surface area contributed by atoms with Crippen molar-refractivity contribution < 1.29 is 9.90 Å². The molecular weight excluding hydrogens is 308 g/mol. The van der Waals surface area contributed by atoms with Crippen molar-refractivity contribution >= 4 is 5.78 Å². The molecule has 4 aliphatic carbocycles. The van der Waals surface area contributed by atoms with E-state index in [9.17, 15) is 9.90 Å². The van der Waals surface area contributed by atoms with Gasteiger partial charge in [0.15, 0.2) is 0 Å². The maximum atomic E-state index is 12.7. The summed E-state index contributed by atoms with van der Waals surface area (Å²) in [6.07, 6.45) is 15.0. The van der Waals surface area contributed by atoms with Crippen molar-refractivity contribution in [1.82, 2.24) is 0 Å². The SMILES string of the molecule is CCCC[C@@]1(O)CC[C@H]2[C@H](CC[C@@H]3[C@@H]2CC[C@]2(C)C(=O)CCC[C@@H]32)C1. The molecule has 0 aliphatic heterocycles. The van der Waals surface area contributed by atoms with E-state index in [0.29, 0.717) is 11.7 Å². The Balaban J connectivity index is 1.48. The topological polar surface area (TPSA) is 37.3 Å². The van der Waals surface area contributed by atoms with E-state index in [1.807, 2.05) is 0 Å². The fourth-order valence-electron chi connectivity index (χ4n) is 7.66. The Morgan fingerprint density at radius 2 is 1.84 bits per heavy atom. The molecule has 25 heavy (non-hydrogen) atoms. The predicted octanol–water partition coefficient (Wildman–Crippen LogP) is 5.52. The van der Waals surface area contributed by atoms with Gasteiger partial charge in [-0.2, -0.15) is 0 Å². The lowest BCUT2D eigenvalue weighted by molar-refractivity contribution is -0.150. The van der Waals surface area contributed by atoms with Gasteiger partial charge in [-0.3, -0.25) is 4.79 Å². The van der Waals surface area contributed by atoms with E-state index in [1.165, 1.54) is 44.9 Å². The normalized spacial score (nSPS) is 49.9. The number of fused-ring (bicyclic) bond motifs is 5. The lowest BCUT2D eigenvalue weighted by Crippen LogP contribution is -2.54. The molecule has 0 aromatic rings. The highest BCUT2D eigenvalue weighted by Crippen LogP contribution is 2.61. The van der Waals surface area contributed by atoms with Crippen LogP contribution in [-0.2, 0) is 4.79 Å². The zero-order valence-electron chi connectivity index (χ0n) is 16.4. The highest BCUT2D eigenvalue weighted by molar-refractivity contribution is 5.85. The highest BCUT2D eigenvalue weighted by atomic mass is 16.3. The number of rotatable bonds is 3. The van der Waals surface area contributed by atoms with Gasteiger partial charge in [-0.25, -0.2) is 0 Å². The van der Waals surface area contributed by atoms with Crippen LogP contribution in [0.2, 0.25) is 0 Å². The van der Waals surface area contributed by atoms with Crippen LogP contribution in [0.1, 0.15) is 97.3 Å². The number of hydrogen-bond acceptors (Lipinski definition) is 2. The standard InChI is InChI=1S/C23H38O2/c1-3-4-12-23(25)14-11-17-16(15-23)8-9-19-18(17)10-13-22(2)20(19)6-5-7-21(22)24/h16-20,25H,3-15H2,1-2H3/t16-,17+,18-,19-,20+,22+,23-/m1/s1. The Labute approximate surface area is 154 Å². The smallest absolute Gasteiger partial charge is 0.139 e. The van der Waals surface area contributed by atoms with E-state index in [-0.39, 0.29) is 11.0 Å². The number of aliphatic hydroxyl groups is 1. The molecule has 2 nitrogen and oxygen atoms in total. The van der Waals surface area contributed by atoms with Crippen LogP contribution in [0.3, 0.4) is 0 Å². The Kier molecular flexibility index (Phi) is 4.80. The maximum Gasteiger partial charge on any atom is 0.139 e. The third kappa shape index (κ3) is 3.01. The van der Waals surface area contributed by atoms with Crippen LogP contribution in [0.4, 0.5) is 0 Å². The van der Waals surface area contributed by atoms with Crippen molar-refractivity contribution in [2.45, 2.75) is 103 Å². The third-order valence-electron chi connectivity index (χ3n) is 9.05. The van der Waals surface area contributed by atoms with E-state index in [4.69, 9.17) is 0 Å². The molecule has 0 unspecified atom stereocenters. The van der Waals surface area contributed by atoms with Crippen molar-refractivity contribution in [1.29, 1.82) is 0 Å². The molecule has 0 bridgehead atoms. The minimum atomic E-state index is -0.367. The van der Waals surface area contributed by atoms with Gasteiger partial charge >= 0.3 is 0 Å². The molecular formula is C23H38O2. The van der Waals surface area contributed by atoms with Crippen molar-refractivity contribution in [3.05, 3.63) is 0 Å². The van der Waals surface area contributed by atoms with E-state index in [2.05, 4.69) is 13.8 Å². The molecule has 0 saturated heterocycles. The molecule has 4 aliphatic rings. The molecule has 0 radical (unpaired) electrons. The van der Waals surface area contributed by atoms with E-state index >= 15 is 0 Å². The van der Waals surface area contributed by atoms with Gasteiger partial charge in [0, 0.05) is 11.8 Å². The van der Waals surface area contributed by atoms with E-state index in [1.54, 1.807) is 0 Å². The van der Waals surface area contributed by atoms with Crippen LogP contribution in [0.15, 0.2) is 0 Å². The van der Waals surface area contributed by atoms with Crippen LogP contribution >= 0.6 is 0 Å². The second-order valence-electron chi connectivity index (χ2n) is 10.3. The molecule has 7 atom stereocenters. The summed E-state index contributed by atoms with van der Waals surface area (Å²) in [5.74, 6) is 4.46. The number of carbonyl (C=O) groups excluding carboxylic acids is 1. The average molecular weight is 347 g/mol. The minimum absolute atomic E-state index is 0.00276. The molecule has 4 saturated carbocycles. The van der Waals surface area contributed by atoms with Gasteiger partial charge in [0.2, 0.25) is 0 Å². The quantitative estimate of drug-likeness (QED) is 0.730. The Morgan fingerprint density at radius 1 is 1.04 bits per heavy atom. The highest BCUT2D eigenvalue weighted by Gasteiger charge is 2.56. The second kappa shape index (κ2) is 6.66. The van der Waals surface area contributed by atoms with Crippen LogP contribution in [0.5, 0.6) is 0 Å². The number of ketones is 1. The predicted molar refractivity (Wildman–Crippen MR) is 101 cm³/mol. The first-order valence-corrected chi connectivity index (χ1v) is 11.2. The van der Waals surface area contributed by atoms with Crippen molar-refractivity contribution in [2.24, 2.45) is 35.0 Å². The molecule has 4 rings (SSSR count). The van der Waals surface area contributed by atoms with E-state index in [0.717, 1.165) is 62.2 Å². The Morgan fingerprint density at radius 3 is 2.64 bits per heavy atom. The van der Waals surface area contributed by atoms with Crippen molar-refractivity contribution in [2.75, 3.05) is 0 Å². The first kappa shape index (κ1) is 18.0. The van der Waals surface area contributed by atoms with Crippen molar-refractivity contribution in [3.8, 4) is 0 Å². The number of hydrogen-bond donors (Lipinski definition) is 1. The Hall–Kier alpha value is -0.370. The molecule has 0 aromatic carbocycles. The van der Waals surface area contributed by atoms with Crippen LogP contribution in [0, 0.1) is 35.0 Å². The zero-order valence-corrected chi connectivity index (χ0v) is 16.4. The summed E-state index contributed by atoms with van der Waals surface area (Å²) in [6.45, 7) is 4.52. The summed E-state index contributed by atoms with van der Waals surface area (Å²) in [6, 6.07) is 0. The fourth-order valence-corrected chi connectivity index (χ4v) is 7.66. The lowest BCUT2D eigenvalue weighted by atomic mass is 9.46. The number of Topliss-reactive ketones (excluding diaryl/α,β-unsaturated/α-hetero) is 1. The zero-order chi connectivity index (χ0) is 17.7. The fraction of sp³-hybridized carbons (Fsp3) is 0.957. The van der Waals surface area contributed by atoms with Gasteiger partial charge in [0.05, 0.1) is 5.60 Å². The van der Waals surface area contributed by atoms with Gasteiger partial charge in [-0.05, 0) is 93.8 Å². The molecule has 0 aromatic heterocycles. The maximum absolute atomic E-state index is 12.7. The molecule has 1 N–H and O–H groups in total. The van der Waals surface area contributed by atoms with Crippen LogP contribution in [0.25, 0.3) is 0 Å². The summed E-state index contributed by atoms with van der Waals surface area (Å²) < 4.78 is 0. The van der Waals surface area contributed by atoms with Gasteiger partial charge in [0.25, 0.3) is 0 Å². The monoisotopic (exact) mass is 346 g/mol. The summed E-state index contributed by atoms with van der Waals surface area (Å²) in [4.78, 5) is 12.7. The third-order valence-corrected chi connectivity index (χ3v) is 9.05. The average Bonchev–Trinajstić information content (AvgIpc) is 2.60. The van der Waals surface area contributed by atoms with E-state index < -0.39 is 0 Å². The summed E-state index contributed by atoms with van der Waals surface area (Å²) in [5.41, 5.74) is -0.364. The van der Waals surface area contributed by atoms with Crippen molar-refractivity contribution in [3.63, 3.8) is 0 Å². The molecule has 0 heterocycles.